The van der Waals surface area contributed by atoms with E-state index >= 15 is 0 Å². The van der Waals surface area contributed by atoms with Gasteiger partial charge in [0.15, 0.2) is 5.82 Å². The maximum Gasteiger partial charge on any atom is 0.290 e. The Morgan fingerprint density at radius 1 is 1.71 bits per heavy atom. The Morgan fingerprint density at radius 3 is 3.29 bits per heavy atom. The van der Waals surface area contributed by atoms with Crippen molar-refractivity contribution in [2.45, 2.75) is 13.0 Å². The Balaban J connectivity index is 2.22. The zero-order chi connectivity index (χ0) is 9.97. The molecule has 1 aliphatic heterocycles. The van der Waals surface area contributed by atoms with Crippen LogP contribution in [0.1, 0.15) is 6.92 Å². The molecule has 76 valence electrons. The molecule has 0 radical (unpaired) electrons. The quantitative estimate of drug-likeness (QED) is 0.685. The van der Waals surface area contributed by atoms with Crippen LogP contribution in [0, 0.1) is 0 Å². The summed E-state index contributed by atoms with van der Waals surface area (Å²) in [6.07, 6.45) is 3.29. The van der Waals surface area contributed by atoms with Crippen LogP contribution in [0.15, 0.2) is 17.2 Å². The molecule has 14 heavy (non-hydrogen) atoms. The second-order valence-corrected chi connectivity index (χ2v) is 3.37. The summed E-state index contributed by atoms with van der Waals surface area (Å²) in [5.41, 5.74) is -0.137. The van der Waals surface area contributed by atoms with Gasteiger partial charge >= 0.3 is 0 Å². The Morgan fingerprint density at radius 2 is 2.57 bits per heavy atom. The van der Waals surface area contributed by atoms with Crippen LogP contribution in [0.4, 0.5) is 5.82 Å². The van der Waals surface area contributed by atoms with Gasteiger partial charge in [-0.1, -0.05) is 0 Å². The topological polar surface area (TPSA) is 58.2 Å². The number of H-pyrrole nitrogens is 1. The molecular formula is C9H13N3O2. The number of rotatable bonds is 1. The van der Waals surface area contributed by atoms with Crippen LogP contribution in [0.2, 0.25) is 0 Å². The highest BCUT2D eigenvalue weighted by Gasteiger charge is 2.19. The van der Waals surface area contributed by atoms with Crippen molar-refractivity contribution in [3.63, 3.8) is 0 Å². The van der Waals surface area contributed by atoms with Crippen molar-refractivity contribution in [3.8, 4) is 0 Å². The number of aromatic amines is 1. The molecule has 1 fully saturated rings. The average molecular weight is 195 g/mol. The molecule has 1 unspecified atom stereocenters. The van der Waals surface area contributed by atoms with Crippen molar-refractivity contribution in [1.82, 2.24) is 9.97 Å². The average Bonchev–Trinajstić information content (AvgIpc) is 2.18. The molecule has 0 spiro atoms. The van der Waals surface area contributed by atoms with Crippen molar-refractivity contribution in [1.29, 1.82) is 0 Å². The molecular weight excluding hydrogens is 182 g/mol. The SMILES string of the molecule is CC1CN(c2ncc[nH]c2=O)CCO1. The smallest absolute Gasteiger partial charge is 0.290 e. The van der Waals surface area contributed by atoms with Gasteiger partial charge in [-0.25, -0.2) is 4.98 Å². The summed E-state index contributed by atoms with van der Waals surface area (Å²) in [6, 6.07) is 0. The third-order valence-corrected chi connectivity index (χ3v) is 2.23. The normalized spacial score (nSPS) is 22.4. The molecule has 1 N–H and O–H groups in total. The lowest BCUT2D eigenvalue weighted by molar-refractivity contribution is 0.0528. The zero-order valence-corrected chi connectivity index (χ0v) is 8.06. The van der Waals surface area contributed by atoms with Crippen LogP contribution in [-0.2, 0) is 4.74 Å². The number of ether oxygens (including phenoxy) is 1. The van der Waals surface area contributed by atoms with E-state index in [1.807, 2.05) is 11.8 Å². The fourth-order valence-electron chi connectivity index (χ4n) is 1.58. The Bertz CT molecular complexity index is 363. The van der Waals surface area contributed by atoms with E-state index in [0.717, 1.165) is 13.1 Å². The highest BCUT2D eigenvalue weighted by atomic mass is 16.5. The summed E-state index contributed by atoms with van der Waals surface area (Å²) >= 11 is 0. The molecule has 5 nitrogen and oxygen atoms in total. The van der Waals surface area contributed by atoms with Gasteiger partial charge in [0, 0.05) is 25.5 Å². The summed E-state index contributed by atoms with van der Waals surface area (Å²) in [5, 5.41) is 0. The minimum absolute atomic E-state index is 0.137. The van der Waals surface area contributed by atoms with Crippen molar-refractivity contribution >= 4 is 5.82 Å². The number of morpholine rings is 1. The van der Waals surface area contributed by atoms with Gasteiger partial charge in [0.2, 0.25) is 0 Å². The van der Waals surface area contributed by atoms with Crippen LogP contribution in [0.3, 0.4) is 0 Å². The second kappa shape index (κ2) is 3.79. The van der Waals surface area contributed by atoms with Gasteiger partial charge in [-0.15, -0.1) is 0 Å². The molecule has 0 amide bonds. The summed E-state index contributed by atoms with van der Waals surface area (Å²) in [6.45, 7) is 4.09. The Kier molecular flexibility index (Phi) is 2.49. The molecule has 2 rings (SSSR count). The summed E-state index contributed by atoms with van der Waals surface area (Å²) in [4.78, 5) is 20.1. The van der Waals surface area contributed by atoms with Crippen molar-refractivity contribution in [2.24, 2.45) is 0 Å². The number of hydrogen-bond donors (Lipinski definition) is 1. The van der Waals surface area contributed by atoms with E-state index in [-0.39, 0.29) is 11.7 Å². The fraction of sp³-hybridized carbons (Fsp3) is 0.556. The minimum Gasteiger partial charge on any atom is -0.375 e. The van der Waals surface area contributed by atoms with E-state index < -0.39 is 0 Å². The summed E-state index contributed by atoms with van der Waals surface area (Å²) in [7, 11) is 0. The highest BCUT2D eigenvalue weighted by molar-refractivity contribution is 5.35. The monoisotopic (exact) mass is 195 g/mol. The second-order valence-electron chi connectivity index (χ2n) is 3.37. The van der Waals surface area contributed by atoms with E-state index in [4.69, 9.17) is 4.74 Å². The molecule has 5 heteroatoms. The fourth-order valence-corrected chi connectivity index (χ4v) is 1.58. The lowest BCUT2D eigenvalue weighted by Gasteiger charge is -2.31. The van der Waals surface area contributed by atoms with Gasteiger partial charge in [0.1, 0.15) is 0 Å². The van der Waals surface area contributed by atoms with Crippen LogP contribution in [0.25, 0.3) is 0 Å². The molecule has 1 saturated heterocycles. The molecule has 1 aromatic rings. The molecule has 1 atom stereocenters. The lowest BCUT2D eigenvalue weighted by Crippen LogP contribution is -2.43. The molecule has 0 bridgehead atoms. The molecule has 1 aliphatic rings. The highest BCUT2D eigenvalue weighted by Crippen LogP contribution is 2.09. The largest absolute Gasteiger partial charge is 0.375 e. The minimum atomic E-state index is -0.137. The van der Waals surface area contributed by atoms with Crippen molar-refractivity contribution < 1.29 is 4.74 Å². The third kappa shape index (κ3) is 1.77. The first-order chi connectivity index (χ1) is 6.77. The zero-order valence-electron chi connectivity index (χ0n) is 8.06. The maximum atomic E-state index is 11.4. The van der Waals surface area contributed by atoms with Crippen LogP contribution >= 0.6 is 0 Å². The first kappa shape index (κ1) is 9.21. The van der Waals surface area contributed by atoms with Crippen LogP contribution in [0.5, 0.6) is 0 Å². The number of anilines is 1. The maximum absolute atomic E-state index is 11.4. The number of nitrogens with one attached hydrogen (secondary N) is 1. The molecule has 0 saturated carbocycles. The van der Waals surface area contributed by atoms with E-state index in [2.05, 4.69) is 9.97 Å². The van der Waals surface area contributed by atoms with Gasteiger partial charge in [-0.3, -0.25) is 4.79 Å². The molecule has 0 aliphatic carbocycles. The number of nitrogens with zero attached hydrogens (tertiary/aromatic N) is 2. The van der Waals surface area contributed by atoms with E-state index in [1.54, 1.807) is 6.20 Å². The van der Waals surface area contributed by atoms with Gasteiger partial charge in [-0.2, -0.15) is 0 Å². The Hall–Kier alpha value is -1.36. The van der Waals surface area contributed by atoms with Gasteiger partial charge < -0.3 is 14.6 Å². The van der Waals surface area contributed by atoms with Gasteiger partial charge in [0.05, 0.1) is 12.7 Å². The Labute approximate surface area is 81.7 Å². The molecule has 0 aromatic carbocycles. The first-order valence-electron chi connectivity index (χ1n) is 4.67. The number of hydrogen-bond acceptors (Lipinski definition) is 4. The summed E-state index contributed by atoms with van der Waals surface area (Å²) in [5.74, 6) is 0.489. The van der Waals surface area contributed by atoms with Crippen molar-refractivity contribution in [3.05, 3.63) is 22.7 Å². The van der Waals surface area contributed by atoms with E-state index in [0.29, 0.717) is 12.4 Å². The van der Waals surface area contributed by atoms with Gasteiger partial charge in [-0.05, 0) is 6.92 Å². The van der Waals surface area contributed by atoms with Crippen LogP contribution < -0.4 is 10.5 Å². The first-order valence-corrected chi connectivity index (χ1v) is 4.67. The van der Waals surface area contributed by atoms with Gasteiger partial charge in [0.25, 0.3) is 5.56 Å². The lowest BCUT2D eigenvalue weighted by atomic mass is 10.3. The van der Waals surface area contributed by atoms with E-state index in [9.17, 15) is 4.79 Å². The predicted octanol–water partition coefficient (Wildman–Crippen LogP) is -0.00500. The molecule has 2 heterocycles. The predicted molar refractivity (Wildman–Crippen MR) is 52.5 cm³/mol. The third-order valence-electron chi connectivity index (χ3n) is 2.23. The van der Waals surface area contributed by atoms with Crippen LogP contribution in [-0.4, -0.2) is 35.8 Å². The standard InChI is InChI=1S/C9H13N3O2/c1-7-6-12(4-5-14-7)8-9(13)11-3-2-10-8/h2-3,7H,4-6H2,1H3,(H,11,13). The molecule has 1 aromatic heterocycles. The van der Waals surface area contributed by atoms with E-state index in [1.165, 1.54) is 6.20 Å². The summed E-state index contributed by atoms with van der Waals surface area (Å²) < 4.78 is 5.39. The van der Waals surface area contributed by atoms with Crippen molar-refractivity contribution in [2.75, 3.05) is 24.6 Å². The number of aromatic nitrogens is 2.